The molecule has 6 nitrogen and oxygen atoms in total. The molecule has 0 aliphatic carbocycles. The van der Waals surface area contributed by atoms with Crippen molar-refractivity contribution >= 4 is 46.5 Å². The minimum Gasteiger partial charge on any atom is -0.488 e. The molecule has 0 unspecified atom stereocenters. The Morgan fingerprint density at radius 1 is 1.00 bits per heavy atom. The van der Waals surface area contributed by atoms with Crippen LogP contribution in [0.1, 0.15) is 43.5 Å². The third kappa shape index (κ3) is 6.03. The van der Waals surface area contributed by atoms with E-state index in [0.717, 1.165) is 16.7 Å². The van der Waals surface area contributed by atoms with E-state index in [9.17, 15) is 9.59 Å². The lowest BCUT2D eigenvalue weighted by atomic mass is 9.94. The Morgan fingerprint density at radius 2 is 1.63 bits per heavy atom. The van der Waals surface area contributed by atoms with Crippen molar-refractivity contribution in [1.82, 2.24) is 9.47 Å². The van der Waals surface area contributed by atoms with Gasteiger partial charge in [0.25, 0.3) is 11.5 Å². The highest BCUT2D eigenvalue weighted by molar-refractivity contribution is 7.07. The molecule has 0 bridgehead atoms. The molecule has 1 aliphatic rings. The zero-order valence-corrected chi connectivity index (χ0v) is 25.3. The highest BCUT2D eigenvalue weighted by Gasteiger charge is 2.34. The van der Waals surface area contributed by atoms with E-state index >= 15 is 0 Å². The summed E-state index contributed by atoms with van der Waals surface area (Å²) < 4.78 is 8.24. The third-order valence-corrected chi connectivity index (χ3v) is 8.49. The average molecular weight is 607 g/mol. The number of ether oxygens (including phenoxy) is 1. The monoisotopic (exact) mass is 605 g/mol. The smallest absolute Gasteiger partial charge is 0.271 e. The van der Waals surface area contributed by atoms with Crippen molar-refractivity contribution in [2.45, 2.75) is 33.4 Å². The number of allylic oxidation sites excluding steroid dienone is 1. The van der Waals surface area contributed by atoms with Crippen LogP contribution in [0.5, 0.6) is 5.75 Å². The number of rotatable bonds is 8. The van der Waals surface area contributed by atoms with Gasteiger partial charge in [-0.15, -0.1) is 0 Å². The number of halogens is 2. The van der Waals surface area contributed by atoms with E-state index in [1.807, 2.05) is 87.5 Å². The summed E-state index contributed by atoms with van der Waals surface area (Å²) in [7, 11) is 0. The minimum absolute atomic E-state index is 0.133. The number of carbonyl (C=O) groups excluding carboxylic acids is 1. The maximum atomic E-state index is 14.0. The number of aromatic nitrogens is 1. The van der Waals surface area contributed by atoms with Crippen molar-refractivity contribution in [2.75, 3.05) is 13.1 Å². The molecule has 0 saturated heterocycles. The van der Waals surface area contributed by atoms with Crippen molar-refractivity contribution in [3.8, 4) is 5.75 Å². The summed E-state index contributed by atoms with van der Waals surface area (Å²) in [6.07, 6.45) is 1.82. The summed E-state index contributed by atoms with van der Waals surface area (Å²) in [4.78, 5) is 34.8. The molecule has 0 saturated carbocycles. The van der Waals surface area contributed by atoms with E-state index in [0.29, 0.717) is 56.1 Å². The topological polar surface area (TPSA) is 63.9 Å². The fourth-order valence-corrected chi connectivity index (χ4v) is 6.14. The second-order valence-electron chi connectivity index (χ2n) is 9.56. The zero-order valence-electron chi connectivity index (χ0n) is 22.9. The van der Waals surface area contributed by atoms with Crippen LogP contribution in [0.25, 0.3) is 6.08 Å². The first-order valence-electron chi connectivity index (χ1n) is 13.3. The predicted octanol–water partition coefficient (Wildman–Crippen LogP) is 5.99. The lowest BCUT2D eigenvalue weighted by Gasteiger charge is -2.29. The number of hydrogen-bond acceptors (Lipinski definition) is 5. The quantitative estimate of drug-likeness (QED) is 0.248. The first-order valence-corrected chi connectivity index (χ1v) is 14.9. The van der Waals surface area contributed by atoms with Crippen LogP contribution in [0.4, 0.5) is 0 Å². The molecular formula is C32H29Cl2N3O3S. The van der Waals surface area contributed by atoms with Crippen molar-refractivity contribution in [2.24, 2.45) is 4.99 Å². The van der Waals surface area contributed by atoms with Gasteiger partial charge in [0.15, 0.2) is 4.80 Å². The van der Waals surface area contributed by atoms with Gasteiger partial charge in [-0.3, -0.25) is 14.2 Å². The van der Waals surface area contributed by atoms with Gasteiger partial charge in [-0.25, -0.2) is 4.99 Å². The molecule has 3 aromatic carbocycles. The second kappa shape index (κ2) is 12.5. The molecule has 1 aromatic heterocycles. The lowest BCUT2D eigenvalue weighted by molar-refractivity contribution is -0.127. The maximum Gasteiger partial charge on any atom is 0.271 e. The molecule has 1 atom stereocenters. The normalized spacial score (nSPS) is 15.0. The number of fused-ring (bicyclic) bond motifs is 1. The summed E-state index contributed by atoms with van der Waals surface area (Å²) in [6.45, 7) is 7.17. The van der Waals surface area contributed by atoms with Crippen LogP contribution in [0.3, 0.4) is 0 Å². The van der Waals surface area contributed by atoms with Gasteiger partial charge in [0.1, 0.15) is 12.4 Å². The van der Waals surface area contributed by atoms with E-state index in [1.54, 1.807) is 21.6 Å². The summed E-state index contributed by atoms with van der Waals surface area (Å²) in [5.74, 6) is 0.516. The van der Waals surface area contributed by atoms with Crippen LogP contribution in [0.15, 0.2) is 93.9 Å². The first-order chi connectivity index (χ1) is 19.8. The van der Waals surface area contributed by atoms with Crippen LogP contribution < -0.4 is 19.6 Å². The third-order valence-electron chi connectivity index (χ3n) is 7.00. The van der Waals surface area contributed by atoms with Crippen LogP contribution in [0.2, 0.25) is 10.0 Å². The van der Waals surface area contributed by atoms with Crippen LogP contribution in [0, 0.1) is 0 Å². The fourth-order valence-electron chi connectivity index (χ4n) is 4.85. The average Bonchev–Trinajstić information content (AvgIpc) is 3.27. The molecule has 5 rings (SSSR count). The van der Waals surface area contributed by atoms with Gasteiger partial charge in [0.2, 0.25) is 0 Å². The van der Waals surface area contributed by atoms with Crippen molar-refractivity contribution in [1.29, 1.82) is 0 Å². The molecule has 0 radical (unpaired) electrons. The van der Waals surface area contributed by atoms with Crippen LogP contribution in [-0.4, -0.2) is 28.5 Å². The Balaban J connectivity index is 1.60. The SMILES string of the molecule is CCN(CC)C(=O)C1=C(C)N=c2s/c(=C/c3ccccc3OCc3ccc(Cl)cc3)c(=O)n2[C@H]1c1ccc(Cl)cc1. The van der Waals surface area contributed by atoms with Gasteiger partial charge in [-0.1, -0.05) is 77.0 Å². The number of carbonyl (C=O) groups is 1. The summed E-state index contributed by atoms with van der Waals surface area (Å²) in [5, 5.41) is 1.24. The van der Waals surface area contributed by atoms with Gasteiger partial charge in [0, 0.05) is 28.7 Å². The highest BCUT2D eigenvalue weighted by Crippen LogP contribution is 2.32. The van der Waals surface area contributed by atoms with Gasteiger partial charge >= 0.3 is 0 Å². The number of likely N-dealkylation sites (N-methyl/N-ethyl adjacent to an activating group) is 1. The Morgan fingerprint density at radius 3 is 2.29 bits per heavy atom. The number of thiazole rings is 1. The van der Waals surface area contributed by atoms with Gasteiger partial charge in [-0.05, 0) is 68.3 Å². The van der Waals surface area contributed by atoms with E-state index in [4.69, 9.17) is 32.9 Å². The Labute approximate surface area is 252 Å². The molecule has 4 aromatic rings. The fraction of sp³-hybridized carbons (Fsp3) is 0.219. The Bertz CT molecular complexity index is 1790. The number of para-hydroxylation sites is 1. The molecule has 9 heteroatoms. The van der Waals surface area contributed by atoms with Gasteiger partial charge in [0.05, 0.1) is 21.8 Å². The minimum atomic E-state index is -0.629. The molecule has 0 N–H and O–H groups in total. The number of amides is 1. The van der Waals surface area contributed by atoms with Crippen molar-refractivity contribution in [3.05, 3.63) is 130 Å². The molecule has 2 heterocycles. The summed E-state index contributed by atoms with van der Waals surface area (Å²) in [5.41, 5.74) is 3.40. The largest absolute Gasteiger partial charge is 0.488 e. The summed E-state index contributed by atoms with van der Waals surface area (Å²) >= 11 is 13.5. The molecular weight excluding hydrogens is 577 g/mol. The molecule has 0 fully saturated rings. The number of benzene rings is 3. The molecule has 0 spiro atoms. The number of nitrogens with zero attached hydrogens (tertiary/aromatic N) is 3. The first kappa shape index (κ1) is 28.9. The van der Waals surface area contributed by atoms with Crippen LogP contribution in [-0.2, 0) is 11.4 Å². The van der Waals surface area contributed by atoms with E-state index in [-0.39, 0.29) is 11.5 Å². The van der Waals surface area contributed by atoms with Crippen molar-refractivity contribution < 1.29 is 9.53 Å². The standard InChI is InChI=1S/C32H29Cl2N3O3S/c1-4-36(5-2)31(39)28-20(3)35-32-37(29(28)22-12-16-25(34)17-13-22)30(38)27(41-32)18-23-8-6-7-9-26(23)40-19-21-10-14-24(33)15-11-21/h6-18,29H,4-5,19H2,1-3H3/b27-18+/t29-/m0/s1. The Hall–Kier alpha value is -3.65. The Kier molecular flexibility index (Phi) is 8.78. The maximum absolute atomic E-state index is 14.0. The molecule has 41 heavy (non-hydrogen) atoms. The summed E-state index contributed by atoms with van der Waals surface area (Å²) in [6, 6.07) is 21.7. The number of hydrogen-bond donors (Lipinski definition) is 0. The predicted molar refractivity (Wildman–Crippen MR) is 165 cm³/mol. The molecule has 1 aliphatic heterocycles. The lowest BCUT2D eigenvalue weighted by Crippen LogP contribution is -2.43. The molecule has 210 valence electrons. The van der Waals surface area contributed by atoms with E-state index in [2.05, 4.69) is 0 Å². The van der Waals surface area contributed by atoms with Gasteiger partial charge < -0.3 is 9.64 Å². The van der Waals surface area contributed by atoms with Crippen molar-refractivity contribution in [3.63, 3.8) is 0 Å². The second-order valence-corrected chi connectivity index (χ2v) is 11.4. The van der Waals surface area contributed by atoms with E-state index < -0.39 is 6.04 Å². The highest BCUT2D eigenvalue weighted by atomic mass is 35.5. The van der Waals surface area contributed by atoms with E-state index in [1.165, 1.54) is 11.3 Å². The molecule has 1 amide bonds. The van der Waals surface area contributed by atoms with Gasteiger partial charge in [-0.2, -0.15) is 0 Å². The van der Waals surface area contributed by atoms with Crippen LogP contribution >= 0.6 is 34.5 Å². The zero-order chi connectivity index (χ0) is 29.1.